The van der Waals surface area contributed by atoms with Gasteiger partial charge in [-0.2, -0.15) is 10.2 Å². The Morgan fingerprint density at radius 1 is 1.25 bits per heavy atom. The molecule has 1 amide bonds. The van der Waals surface area contributed by atoms with Crippen molar-refractivity contribution < 1.29 is 18.3 Å². The molecule has 2 aliphatic rings. The number of carbonyl (C=O) groups excluding carboxylic acids is 1. The summed E-state index contributed by atoms with van der Waals surface area (Å²) in [4.78, 5) is 30.7. The van der Waals surface area contributed by atoms with Crippen LogP contribution < -0.4 is 9.64 Å². The minimum Gasteiger partial charge on any atom is -0.480 e. The second kappa shape index (κ2) is 10.4. The minimum atomic E-state index is -1.69. The van der Waals surface area contributed by atoms with E-state index in [4.69, 9.17) is 21.3 Å². The van der Waals surface area contributed by atoms with E-state index in [0.717, 1.165) is 0 Å². The third kappa shape index (κ3) is 4.29. The van der Waals surface area contributed by atoms with E-state index in [9.17, 15) is 14.4 Å². The first kappa shape index (κ1) is 27.3. The number of hydrogen-bond donors (Lipinski definition) is 0. The third-order valence-electron chi connectivity index (χ3n) is 6.89. The van der Waals surface area contributed by atoms with Gasteiger partial charge >= 0.3 is 0 Å². The van der Waals surface area contributed by atoms with Gasteiger partial charge in [-0.1, -0.05) is 29.8 Å². The van der Waals surface area contributed by atoms with E-state index in [1.165, 1.54) is 30.2 Å². The predicted octanol–water partition coefficient (Wildman–Crippen LogP) is 4.95. The lowest BCUT2D eigenvalue weighted by atomic mass is 9.98. The molecule has 0 saturated heterocycles. The van der Waals surface area contributed by atoms with Crippen molar-refractivity contribution in [3.05, 3.63) is 76.0 Å². The van der Waals surface area contributed by atoms with Crippen LogP contribution in [0.15, 0.2) is 47.7 Å². The lowest BCUT2D eigenvalue weighted by Crippen LogP contribution is -2.44. The van der Waals surface area contributed by atoms with E-state index in [1.54, 1.807) is 43.4 Å². The first-order chi connectivity index (χ1) is 19.1. The molecule has 3 heterocycles. The number of amides is 1. The summed E-state index contributed by atoms with van der Waals surface area (Å²) in [5, 5.41) is 9.22. The standard InChI is InChI=1S/C28H26ClF2N7O2/c1-14(2)37-24-22(34-25(37)17-13-33-28(36(3)4)35-26(17)40-5)27(39)38(20-8-6-7-18(29)21(20)31)23(24)15-9-10-16(12-32)19(30)11-15/h6-11,13-14,20-21,23H,1-5H3. The van der Waals surface area contributed by atoms with E-state index < -0.39 is 30.0 Å². The molecule has 3 unspecified atom stereocenters. The lowest BCUT2D eigenvalue weighted by molar-refractivity contribution is 0.0624. The maximum absolute atomic E-state index is 15.5. The van der Waals surface area contributed by atoms with Crippen LogP contribution in [0.2, 0.25) is 0 Å². The zero-order valence-corrected chi connectivity index (χ0v) is 23.2. The van der Waals surface area contributed by atoms with Crippen LogP contribution in [-0.4, -0.2) is 63.7 Å². The highest BCUT2D eigenvalue weighted by molar-refractivity contribution is 6.30. The van der Waals surface area contributed by atoms with Crippen molar-refractivity contribution in [1.29, 1.82) is 5.26 Å². The summed E-state index contributed by atoms with van der Waals surface area (Å²) in [6.45, 7) is 3.82. The molecule has 0 bridgehead atoms. The first-order valence-electron chi connectivity index (χ1n) is 12.5. The number of aromatic nitrogens is 4. The average Bonchev–Trinajstić information content (AvgIpc) is 3.44. The number of fused-ring (bicyclic) bond motifs is 1. The van der Waals surface area contributed by atoms with Crippen molar-refractivity contribution in [3.63, 3.8) is 0 Å². The van der Waals surface area contributed by atoms with Crippen molar-refractivity contribution in [1.82, 2.24) is 24.4 Å². The fourth-order valence-electron chi connectivity index (χ4n) is 5.10. The van der Waals surface area contributed by atoms with E-state index in [-0.39, 0.29) is 28.2 Å². The predicted molar refractivity (Wildman–Crippen MR) is 145 cm³/mol. The highest BCUT2D eigenvalue weighted by Crippen LogP contribution is 2.46. The van der Waals surface area contributed by atoms with Crippen molar-refractivity contribution >= 4 is 23.5 Å². The minimum absolute atomic E-state index is 0.0510. The molecule has 206 valence electrons. The third-order valence-corrected chi connectivity index (χ3v) is 7.23. The molecule has 2 aromatic heterocycles. The van der Waals surface area contributed by atoms with Gasteiger partial charge in [0.15, 0.2) is 11.9 Å². The van der Waals surface area contributed by atoms with Gasteiger partial charge in [-0.25, -0.2) is 18.7 Å². The van der Waals surface area contributed by atoms with Crippen LogP contribution in [0.4, 0.5) is 14.7 Å². The number of rotatable bonds is 6. The number of alkyl halides is 1. The molecule has 0 spiro atoms. The van der Waals surface area contributed by atoms with Crippen LogP contribution in [0.1, 0.15) is 53.2 Å². The van der Waals surface area contributed by atoms with Gasteiger partial charge in [0.05, 0.1) is 35.0 Å². The maximum atomic E-state index is 15.5. The largest absolute Gasteiger partial charge is 0.480 e. The Kier molecular flexibility index (Phi) is 7.06. The summed E-state index contributed by atoms with van der Waals surface area (Å²) < 4.78 is 37.8. The van der Waals surface area contributed by atoms with Gasteiger partial charge in [0, 0.05) is 26.3 Å². The topological polar surface area (TPSA) is 100 Å². The Labute approximate surface area is 235 Å². The summed E-state index contributed by atoms with van der Waals surface area (Å²) in [5.41, 5.74) is 1.20. The molecule has 40 heavy (non-hydrogen) atoms. The zero-order chi connectivity index (χ0) is 28.9. The van der Waals surface area contributed by atoms with Crippen LogP contribution in [-0.2, 0) is 0 Å². The number of hydrogen-bond acceptors (Lipinski definition) is 7. The monoisotopic (exact) mass is 565 g/mol. The fourth-order valence-corrected chi connectivity index (χ4v) is 5.30. The Balaban J connectivity index is 1.76. The molecule has 0 N–H and O–H groups in total. The average molecular weight is 566 g/mol. The van der Waals surface area contributed by atoms with Gasteiger partial charge in [0.1, 0.15) is 23.8 Å². The van der Waals surface area contributed by atoms with Crippen molar-refractivity contribution in [2.75, 3.05) is 26.1 Å². The number of benzene rings is 1. The number of nitrogens with zero attached hydrogens (tertiary/aromatic N) is 7. The molecule has 5 rings (SSSR count). The summed E-state index contributed by atoms with van der Waals surface area (Å²) in [5.74, 6) is -0.237. The molecule has 3 atom stereocenters. The number of carbonyl (C=O) groups is 1. The summed E-state index contributed by atoms with van der Waals surface area (Å²) >= 11 is 6.14. The smallest absolute Gasteiger partial charge is 0.275 e. The highest BCUT2D eigenvalue weighted by atomic mass is 35.5. The van der Waals surface area contributed by atoms with Gasteiger partial charge in [-0.05, 0) is 37.6 Å². The van der Waals surface area contributed by atoms with Gasteiger partial charge in [-0.3, -0.25) is 4.79 Å². The summed E-state index contributed by atoms with van der Waals surface area (Å²) in [7, 11) is 5.07. The van der Waals surface area contributed by atoms with Crippen molar-refractivity contribution in [2.45, 2.75) is 38.1 Å². The van der Waals surface area contributed by atoms with Crippen LogP contribution in [0, 0.1) is 17.1 Å². The van der Waals surface area contributed by atoms with Gasteiger partial charge < -0.3 is 19.1 Å². The molecule has 9 nitrogen and oxygen atoms in total. The molecule has 0 fully saturated rings. The second-order valence-electron chi connectivity index (χ2n) is 9.92. The first-order valence-corrected chi connectivity index (χ1v) is 12.9. The summed E-state index contributed by atoms with van der Waals surface area (Å²) in [6.07, 6.45) is 4.44. The Hall–Kier alpha value is -4.30. The van der Waals surface area contributed by atoms with E-state index in [2.05, 4.69) is 9.97 Å². The van der Waals surface area contributed by atoms with E-state index in [0.29, 0.717) is 28.6 Å². The molecule has 1 aromatic carbocycles. The Morgan fingerprint density at radius 3 is 2.62 bits per heavy atom. The Bertz CT molecular complexity index is 1610. The van der Waals surface area contributed by atoms with Gasteiger partial charge in [-0.15, -0.1) is 0 Å². The number of halogens is 3. The lowest BCUT2D eigenvalue weighted by Gasteiger charge is -2.35. The quantitative estimate of drug-likeness (QED) is 0.417. The zero-order valence-electron chi connectivity index (χ0n) is 22.4. The maximum Gasteiger partial charge on any atom is 0.275 e. The highest BCUT2D eigenvalue weighted by Gasteiger charge is 2.49. The molecular weight excluding hydrogens is 540 g/mol. The van der Waals surface area contributed by atoms with Crippen LogP contribution in [0.3, 0.4) is 0 Å². The van der Waals surface area contributed by atoms with Gasteiger partial charge in [0.25, 0.3) is 5.91 Å². The fraction of sp³-hybridized carbons (Fsp3) is 0.321. The number of imidazole rings is 1. The molecule has 1 aliphatic carbocycles. The van der Waals surface area contributed by atoms with Crippen molar-refractivity contribution in [2.24, 2.45) is 0 Å². The SMILES string of the molecule is COc1nc(N(C)C)ncc1-c1nc2c(n1C(C)C)C(c1ccc(C#N)c(F)c1)N(C1C=CC=C(Cl)C1F)C2=O. The van der Waals surface area contributed by atoms with Crippen molar-refractivity contribution in [3.8, 4) is 23.3 Å². The van der Waals surface area contributed by atoms with Crippen LogP contribution in [0.5, 0.6) is 5.88 Å². The molecular formula is C28H26ClF2N7O2. The van der Waals surface area contributed by atoms with E-state index in [1.807, 2.05) is 24.5 Å². The number of methoxy groups -OCH3 is 1. The number of nitriles is 1. The number of ether oxygens (including phenoxy) is 1. The molecule has 12 heteroatoms. The number of anilines is 1. The Morgan fingerprint density at radius 2 is 2.00 bits per heavy atom. The van der Waals surface area contributed by atoms with Crippen LogP contribution in [0.25, 0.3) is 11.4 Å². The van der Waals surface area contributed by atoms with Gasteiger partial charge in [0.2, 0.25) is 11.8 Å². The molecule has 3 aromatic rings. The van der Waals surface area contributed by atoms with Crippen LogP contribution >= 0.6 is 11.6 Å². The summed E-state index contributed by atoms with van der Waals surface area (Å²) in [6, 6.07) is 3.67. The normalized spacial score (nSPS) is 20.0. The second-order valence-corrected chi connectivity index (χ2v) is 10.4. The molecule has 1 aliphatic heterocycles. The molecule has 0 radical (unpaired) electrons. The molecule has 0 saturated carbocycles. The number of allylic oxidation sites excluding steroid dienone is 2. The van der Waals surface area contributed by atoms with E-state index >= 15 is 4.39 Å².